The van der Waals surface area contributed by atoms with Gasteiger partial charge in [0.25, 0.3) is 0 Å². The zero-order chi connectivity index (χ0) is 6.69. The number of ether oxygens (including phenoxy) is 2. The number of rotatable bonds is 3. The summed E-state index contributed by atoms with van der Waals surface area (Å²) in [6.07, 6.45) is 0.567. The summed E-state index contributed by atoms with van der Waals surface area (Å²) in [5.74, 6) is 0.573. The molecule has 0 radical (unpaired) electrons. The van der Waals surface area contributed by atoms with E-state index < -0.39 is 0 Å². The molecule has 0 aromatic heterocycles. The topological polar surface area (TPSA) is 18.5 Å². The average molecular weight is 151 g/mol. The Labute approximate surface area is 60.1 Å². The first-order chi connectivity index (χ1) is 4.34. The molecule has 9 heavy (non-hydrogen) atoms. The van der Waals surface area contributed by atoms with E-state index in [0.29, 0.717) is 18.6 Å². The van der Waals surface area contributed by atoms with Crippen LogP contribution in [-0.2, 0) is 9.47 Å². The lowest BCUT2D eigenvalue weighted by atomic mass is 10.2. The van der Waals surface area contributed by atoms with Gasteiger partial charge in [0.05, 0.1) is 19.3 Å². The van der Waals surface area contributed by atoms with Crippen LogP contribution < -0.4 is 0 Å². The summed E-state index contributed by atoms with van der Waals surface area (Å²) in [4.78, 5) is 0. The summed E-state index contributed by atoms with van der Waals surface area (Å²) >= 11 is 5.41. The van der Waals surface area contributed by atoms with Gasteiger partial charge in [0.15, 0.2) is 0 Å². The molecule has 1 fully saturated rings. The van der Waals surface area contributed by atoms with Gasteiger partial charge in [-0.3, -0.25) is 0 Å². The standard InChI is InChI=1S/C6H11ClO2/c1-5-6(4-9-5)8-3-2-7/h5-6H,2-4H2,1H3. The molecule has 2 nitrogen and oxygen atoms in total. The van der Waals surface area contributed by atoms with Crippen LogP contribution in [0.25, 0.3) is 0 Å². The van der Waals surface area contributed by atoms with Crippen LogP contribution >= 0.6 is 11.6 Å². The van der Waals surface area contributed by atoms with Crippen LogP contribution in [0.15, 0.2) is 0 Å². The largest absolute Gasteiger partial charge is 0.373 e. The van der Waals surface area contributed by atoms with Gasteiger partial charge >= 0.3 is 0 Å². The quantitative estimate of drug-likeness (QED) is 0.560. The lowest BCUT2D eigenvalue weighted by Gasteiger charge is -2.33. The average Bonchev–Trinajstić information content (AvgIpc) is 1.86. The van der Waals surface area contributed by atoms with Crippen molar-refractivity contribution >= 4 is 11.6 Å². The van der Waals surface area contributed by atoms with Crippen molar-refractivity contribution in [2.45, 2.75) is 19.1 Å². The van der Waals surface area contributed by atoms with E-state index in [0.717, 1.165) is 6.61 Å². The predicted octanol–water partition coefficient (Wildman–Crippen LogP) is 1.03. The Kier molecular flexibility index (Phi) is 2.76. The zero-order valence-electron chi connectivity index (χ0n) is 5.47. The number of halogens is 1. The van der Waals surface area contributed by atoms with Crippen LogP contribution in [-0.4, -0.2) is 31.3 Å². The Balaban J connectivity index is 1.99. The van der Waals surface area contributed by atoms with Crippen LogP contribution in [0.3, 0.4) is 0 Å². The molecule has 0 aliphatic carbocycles. The van der Waals surface area contributed by atoms with E-state index in [-0.39, 0.29) is 6.10 Å². The maximum Gasteiger partial charge on any atom is 0.107 e. The van der Waals surface area contributed by atoms with E-state index in [1.807, 2.05) is 6.92 Å². The van der Waals surface area contributed by atoms with Crippen molar-refractivity contribution in [3.63, 3.8) is 0 Å². The third-order valence-electron chi connectivity index (χ3n) is 1.46. The fourth-order valence-corrected chi connectivity index (χ4v) is 0.836. The lowest BCUT2D eigenvalue weighted by Crippen LogP contribution is -2.44. The molecule has 1 saturated heterocycles. The van der Waals surface area contributed by atoms with Crippen LogP contribution in [0, 0.1) is 0 Å². The maximum atomic E-state index is 5.41. The molecule has 1 heterocycles. The van der Waals surface area contributed by atoms with Gasteiger partial charge in [0.2, 0.25) is 0 Å². The summed E-state index contributed by atoms with van der Waals surface area (Å²) in [6.45, 7) is 3.38. The van der Waals surface area contributed by atoms with E-state index >= 15 is 0 Å². The van der Waals surface area contributed by atoms with E-state index in [9.17, 15) is 0 Å². The lowest BCUT2D eigenvalue weighted by molar-refractivity contribution is -0.176. The van der Waals surface area contributed by atoms with Gasteiger partial charge in [-0.05, 0) is 6.92 Å². The van der Waals surface area contributed by atoms with Gasteiger partial charge in [-0.2, -0.15) is 0 Å². The van der Waals surface area contributed by atoms with Crippen molar-refractivity contribution in [3.05, 3.63) is 0 Å². The Morgan fingerprint density at radius 2 is 2.56 bits per heavy atom. The molecule has 2 atom stereocenters. The zero-order valence-corrected chi connectivity index (χ0v) is 6.23. The monoisotopic (exact) mass is 150 g/mol. The smallest absolute Gasteiger partial charge is 0.107 e. The van der Waals surface area contributed by atoms with E-state index in [1.165, 1.54) is 0 Å². The molecule has 1 rings (SSSR count). The maximum absolute atomic E-state index is 5.41. The van der Waals surface area contributed by atoms with E-state index in [2.05, 4.69) is 0 Å². The van der Waals surface area contributed by atoms with Crippen LogP contribution in [0.1, 0.15) is 6.92 Å². The summed E-state index contributed by atoms with van der Waals surface area (Å²) in [6, 6.07) is 0. The second-order valence-electron chi connectivity index (χ2n) is 2.14. The van der Waals surface area contributed by atoms with Crippen LogP contribution in [0.2, 0.25) is 0 Å². The highest BCUT2D eigenvalue weighted by Crippen LogP contribution is 2.14. The van der Waals surface area contributed by atoms with Gasteiger partial charge in [0.1, 0.15) is 6.10 Å². The van der Waals surface area contributed by atoms with Crippen molar-refractivity contribution in [2.75, 3.05) is 19.1 Å². The summed E-state index contributed by atoms with van der Waals surface area (Å²) in [5.41, 5.74) is 0. The summed E-state index contributed by atoms with van der Waals surface area (Å²) in [5, 5.41) is 0. The molecular weight excluding hydrogens is 140 g/mol. The Hall–Kier alpha value is 0.210. The molecule has 0 spiro atoms. The van der Waals surface area contributed by atoms with Crippen molar-refractivity contribution in [3.8, 4) is 0 Å². The van der Waals surface area contributed by atoms with E-state index in [1.54, 1.807) is 0 Å². The van der Waals surface area contributed by atoms with Crippen LogP contribution in [0.5, 0.6) is 0 Å². The summed E-state index contributed by atoms with van der Waals surface area (Å²) in [7, 11) is 0. The van der Waals surface area contributed by atoms with Gasteiger partial charge in [-0.1, -0.05) is 0 Å². The highest BCUT2D eigenvalue weighted by Gasteiger charge is 2.27. The molecule has 0 saturated carbocycles. The van der Waals surface area contributed by atoms with Crippen molar-refractivity contribution in [2.24, 2.45) is 0 Å². The third-order valence-corrected chi connectivity index (χ3v) is 1.61. The minimum Gasteiger partial charge on any atom is -0.373 e. The molecule has 3 heteroatoms. The molecule has 0 amide bonds. The van der Waals surface area contributed by atoms with Gasteiger partial charge < -0.3 is 9.47 Å². The Bertz CT molecular complexity index is 87.1. The molecule has 1 aliphatic rings. The number of hydrogen-bond donors (Lipinski definition) is 0. The number of alkyl halides is 1. The van der Waals surface area contributed by atoms with Crippen molar-refractivity contribution in [1.82, 2.24) is 0 Å². The fraction of sp³-hybridized carbons (Fsp3) is 1.00. The highest BCUT2D eigenvalue weighted by atomic mass is 35.5. The predicted molar refractivity (Wildman–Crippen MR) is 35.9 cm³/mol. The van der Waals surface area contributed by atoms with Gasteiger partial charge in [-0.15, -0.1) is 11.6 Å². The molecule has 54 valence electrons. The molecular formula is C6H11ClO2. The second-order valence-corrected chi connectivity index (χ2v) is 2.51. The fourth-order valence-electron chi connectivity index (χ4n) is 0.747. The van der Waals surface area contributed by atoms with Gasteiger partial charge in [0, 0.05) is 5.88 Å². The van der Waals surface area contributed by atoms with Crippen LogP contribution in [0.4, 0.5) is 0 Å². The number of hydrogen-bond acceptors (Lipinski definition) is 2. The molecule has 0 aromatic rings. The Morgan fingerprint density at radius 3 is 2.89 bits per heavy atom. The normalized spacial score (nSPS) is 34.0. The third kappa shape index (κ3) is 1.81. The molecule has 0 bridgehead atoms. The Morgan fingerprint density at radius 1 is 1.78 bits per heavy atom. The van der Waals surface area contributed by atoms with Crippen molar-refractivity contribution in [1.29, 1.82) is 0 Å². The highest BCUT2D eigenvalue weighted by molar-refractivity contribution is 6.17. The first-order valence-corrected chi connectivity index (χ1v) is 3.67. The minimum atomic E-state index is 0.271. The first-order valence-electron chi connectivity index (χ1n) is 3.13. The summed E-state index contributed by atoms with van der Waals surface area (Å²) < 4.78 is 10.4. The van der Waals surface area contributed by atoms with Crippen molar-refractivity contribution < 1.29 is 9.47 Å². The van der Waals surface area contributed by atoms with Gasteiger partial charge in [-0.25, -0.2) is 0 Å². The second kappa shape index (κ2) is 3.40. The first kappa shape index (κ1) is 7.32. The molecule has 0 aromatic carbocycles. The molecule has 1 aliphatic heterocycles. The SMILES string of the molecule is CC1OCC1OCCCl. The molecule has 0 N–H and O–H groups in total. The minimum absolute atomic E-state index is 0.271. The molecule has 2 unspecified atom stereocenters. The van der Waals surface area contributed by atoms with E-state index in [4.69, 9.17) is 21.1 Å².